The Bertz CT molecular complexity index is 1460. The van der Waals surface area contributed by atoms with E-state index in [1.165, 1.54) is 22.5 Å². The zero-order valence-electron chi connectivity index (χ0n) is 17.3. The summed E-state index contributed by atoms with van der Waals surface area (Å²) in [7, 11) is 0. The van der Waals surface area contributed by atoms with Crippen molar-refractivity contribution in [3.05, 3.63) is 94.7 Å². The van der Waals surface area contributed by atoms with Gasteiger partial charge >= 0.3 is 0 Å². The molecule has 0 saturated heterocycles. The van der Waals surface area contributed by atoms with Crippen LogP contribution in [-0.2, 0) is 0 Å². The molecule has 5 rings (SSSR count). The maximum absolute atomic E-state index is 9.76. The van der Waals surface area contributed by atoms with Crippen molar-refractivity contribution in [1.29, 1.82) is 5.26 Å². The van der Waals surface area contributed by atoms with Crippen LogP contribution in [0.15, 0.2) is 82.9 Å². The van der Waals surface area contributed by atoms with Crippen LogP contribution < -0.4 is 0 Å². The summed E-state index contributed by atoms with van der Waals surface area (Å²) in [6.45, 7) is 4.20. The van der Waals surface area contributed by atoms with Gasteiger partial charge in [-0.05, 0) is 66.9 Å². The Morgan fingerprint density at radius 2 is 1.81 bits per heavy atom. The molecule has 0 aliphatic heterocycles. The number of aromatic nitrogens is 3. The van der Waals surface area contributed by atoms with Crippen molar-refractivity contribution in [3.8, 4) is 11.8 Å². The number of hydrogen-bond donors (Lipinski definition) is 1. The minimum atomic E-state index is 0.595. The van der Waals surface area contributed by atoms with Crippen LogP contribution in [0.3, 0.4) is 0 Å². The number of rotatable bonds is 4. The molecule has 0 fully saturated rings. The molecule has 0 unspecified atom stereocenters. The summed E-state index contributed by atoms with van der Waals surface area (Å²) >= 11 is 1.36. The first-order valence-electron chi connectivity index (χ1n) is 10.1. The van der Waals surface area contributed by atoms with Gasteiger partial charge in [-0.25, -0.2) is 4.98 Å². The number of nitrogens with zero attached hydrogens (tertiary/aromatic N) is 3. The number of allylic oxidation sites excluding steroid dienone is 1. The maximum atomic E-state index is 9.76. The number of benzene rings is 3. The van der Waals surface area contributed by atoms with Gasteiger partial charge in [0.1, 0.15) is 6.07 Å². The summed E-state index contributed by atoms with van der Waals surface area (Å²) < 4.78 is 2.26. The van der Waals surface area contributed by atoms with Gasteiger partial charge in [0.15, 0.2) is 5.16 Å². The number of imidazole rings is 1. The highest BCUT2D eigenvalue weighted by atomic mass is 32.2. The van der Waals surface area contributed by atoms with Gasteiger partial charge in [0.05, 0.1) is 21.6 Å². The van der Waals surface area contributed by atoms with E-state index in [1.807, 2.05) is 30.3 Å². The molecule has 3 aromatic carbocycles. The number of aromatic amines is 1. The van der Waals surface area contributed by atoms with Crippen molar-refractivity contribution < 1.29 is 0 Å². The maximum Gasteiger partial charge on any atom is 0.171 e. The molecule has 0 aliphatic carbocycles. The summed E-state index contributed by atoms with van der Waals surface area (Å²) in [4.78, 5) is 8.45. The second-order valence-corrected chi connectivity index (χ2v) is 8.47. The lowest BCUT2D eigenvalue weighted by molar-refractivity contribution is 0.973. The Labute approximate surface area is 184 Å². The lowest BCUT2D eigenvalue weighted by Gasteiger charge is -2.13. The highest BCUT2D eigenvalue weighted by Crippen LogP contribution is 2.31. The number of H-pyrrole nitrogens is 1. The molecule has 1 N–H and O–H groups in total. The number of nitrogens with one attached hydrogen (secondary N) is 1. The molecule has 5 aromatic rings. The van der Waals surface area contributed by atoms with E-state index in [1.54, 1.807) is 0 Å². The van der Waals surface area contributed by atoms with E-state index in [0.717, 1.165) is 38.8 Å². The second-order valence-electron chi connectivity index (χ2n) is 7.44. The average Bonchev–Trinajstić information content (AvgIpc) is 3.32. The molecule has 0 amide bonds. The van der Waals surface area contributed by atoms with Crippen molar-refractivity contribution >= 4 is 39.6 Å². The first-order valence-corrected chi connectivity index (χ1v) is 10.9. The predicted molar refractivity (Wildman–Crippen MR) is 128 cm³/mol. The molecule has 0 radical (unpaired) electrons. The van der Waals surface area contributed by atoms with E-state index >= 15 is 0 Å². The van der Waals surface area contributed by atoms with E-state index < -0.39 is 0 Å². The number of fused-ring (bicyclic) bond motifs is 2. The number of nitriles is 1. The summed E-state index contributed by atoms with van der Waals surface area (Å²) in [5.41, 5.74) is 6.28. The fourth-order valence-corrected chi connectivity index (χ4v) is 4.76. The monoisotopic (exact) mass is 420 g/mol. The van der Waals surface area contributed by atoms with Gasteiger partial charge in [-0.2, -0.15) is 5.26 Å². The van der Waals surface area contributed by atoms with Crippen molar-refractivity contribution in [2.75, 3.05) is 0 Å². The number of hydrogen-bond acceptors (Lipinski definition) is 3. The lowest BCUT2D eigenvalue weighted by atomic mass is 10.1. The molecule has 2 heterocycles. The Balaban J connectivity index is 1.54. The van der Waals surface area contributed by atoms with Crippen molar-refractivity contribution in [1.82, 2.24) is 14.5 Å². The van der Waals surface area contributed by atoms with Crippen LogP contribution in [0.1, 0.15) is 17.0 Å². The third-order valence-corrected chi connectivity index (χ3v) is 6.26. The van der Waals surface area contributed by atoms with Gasteiger partial charge in [-0.15, -0.1) is 0 Å². The lowest BCUT2D eigenvalue weighted by Crippen LogP contribution is -2.00. The largest absolute Gasteiger partial charge is 0.333 e. The van der Waals surface area contributed by atoms with E-state index in [9.17, 15) is 5.26 Å². The van der Waals surface area contributed by atoms with Gasteiger partial charge in [0.25, 0.3) is 0 Å². The zero-order valence-corrected chi connectivity index (χ0v) is 18.1. The van der Waals surface area contributed by atoms with Crippen molar-refractivity contribution in [2.24, 2.45) is 0 Å². The van der Waals surface area contributed by atoms with Crippen molar-refractivity contribution in [3.63, 3.8) is 0 Å². The van der Waals surface area contributed by atoms with E-state index in [-0.39, 0.29) is 0 Å². The third kappa shape index (κ3) is 3.52. The highest BCUT2D eigenvalue weighted by Gasteiger charge is 2.13. The van der Waals surface area contributed by atoms with E-state index in [0.29, 0.717) is 4.91 Å². The molecular weight excluding hydrogens is 400 g/mol. The summed E-state index contributed by atoms with van der Waals surface area (Å²) in [6, 6.07) is 27.1. The molecule has 0 atom stereocenters. The van der Waals surface area contributed by atoms with Crippen LogP contribution in [-0.4, -0.2) is 14.5 Å². The minimum Gasteiger partial charge on any atom is -0.333 e. The van der Waals surface area contributed by atoms with Crippen LogP contribution in [0.4, 0.5) is 0 Å². The zero-order chi connectivity index (χ0) is 21.4. The molecule has 0 spiro atoms. The topological polar surface area (TPSA) is 57.4 Å². The standard InChI is InChI=1S/C26H20N4S/c1-17-14-20(15-21(16-27)31-26-28-23-11-5-6-12-24(23)29-26)18(2)30(17)25-13-7-9-19-8-3-4-10-22(19)25/h3-15H,1-2H3,(H,28,29)/b21-15+. The van der Waals surface area contributed by atoms with Crippen LogP contribution in [0.2, 0.25) is 0 Å². The van der Waals surface area contributed by atoms with Gasteiger partial charge in [0, 0.05) is 16.8 Å². The molecule has 2 aromatic heterocycles. The second kappa shape index (κ2) is 7.82. The molecule has 4 nitrogen and oxygen atoms in total. The Morgan fingerprint density at radius 3 is 2.65 bits per heavy atom. The fourth-order valence-electron chi connectivity index (χ4n) is 4.02. The Kier molecular flexibility index (Phi) is 4.85. The average molecular weight is 421 g/mol. The number of aryl methyl sites for hydroxylation is 1. The Morgan fingerprint density at radius 1 is 1.03 bits per heavy atom. The number of para-hydroxylation sites is 2. The van der Waals surface area contributed by atoms with Crippen LogP contribution in [0.5, 0.6) is 0 Å². The first kappa shape index (κ1) is 19.2. The molecule has 31 heavy (non-hydrogen) atoms. The molecule has 5 heteroatoms. The van der Waals surface area contributed by atoms with Gasteiger partial charge in [0.2, 0.25) is 0 Å². The minimum absolute atomic E-state index is 0.595. The number of thioether (sulfide) groups is 1. The summed E-state index contributed by atoms with van der Waals surface area (Å²) in [5, 5.41) is 12.9. The van der Waals surface area contributed by atoms with Gasteiger partial charge in [-0.1, -0.05) is 48.5 Å². The predicted octanol–water partition coefficient (Wildman–Crippen LogP) is 6.78. The van der Waals surface area contributed by atoms with E-state index in [4.69, 9.17) is 0 Å². The SMILES string of the molecule is Cc1cc(/C=C(\C#N)Sc2nc3ccccc3[nH]2)c(C)n1-c1cccc2ccccc12. The van der Waals surface area contributed by atoms with Crippen LogP contribution >= 0.6 is 11.8 Å². The van der Waals surface area contributed by atoms with Gasteiger partial charge in [-0.3, -0.25) is 0 Å². The quantitative estimate of drug-likeness (QED) is 0.257. The van der Waals surface area contributed by atoms with Crippen LogP contribution in [0.25, 0.3) is 33.6 Å². The third-order valence-electron chi connectivity index (χ3n) is 5.45. The normalized spacial score (nSPS) is 11.8. The van der Waals surface area contributed by atoms with E-state index in [2.05, 4.69) is 83.0 Å². The summed E-state index contributed by atoms with van der Waals surface area (Å²) in [6.07, 6.45) is 1.95. The highest BCUT2D eigenvalue weighted by molar-refractivity contribution is 8.03. The molecule has 0 aliphatic rings. The van der Waals surface area contributed by atoms with Crippen molar-refractivity contribution in [2.45, 2.75) is 19.0 Å². The molecule has 0 saturated carbocycles. The Hall–Kier alpha value is -3.75. The molecular formula is C26H20N4S. The molecule has 0 bridgehead atoms. The first-order chi connectivity index (χ1) is 15.1. The van der Waals surface area contributed by atoms with Crippen LogP contribution in [0, 0.1) is 25.2 Å². The fraction of sp³-hybridized carbons (Fsp3) is 0.0769. The molecule has 150 valence electrons. The van der Waals surface area contributed by atoms with Gasteiger partial charge < -0.3 is 9.55 Å². The smallest absolute Gasteiger partial charge is 0.171 e. The summed E-state index contributed by atoms with van der Waals surface area (Å²) in [5.74, 6) is 0.